The first-order valence-electron chi connectivity index (χ1n) is 10.4. The van der Waals surface area contributed by atoms with Gasteiger partial charge in [-0.1, -0.05) is 36.8 Å². The maximum atomic E-state index is 13.4. The Morgan fingerprint density at radius 3 is 2.52 bits per heavy atom. The third kappa shape index (κ3) is 5.98. The number of carbonyl (C=O) groups excluding carboxylic acids is 1. The molecule has 0 aliphatic carbocycles. The van der Waals surface area contributed by atoms with Crippen LogP contribution in [-0.2, 0) is 15.8 Å². The van der Waals surface area contributed by atoms with Crippen LogP contribution in [0.15, 0.2) is 30.3 Å². The molecular formula is C21H34N2O5P+. The molecule has 0 spiro atoms. The molecule has 1 heterocycles. The first-order valence-corrected chi connectivity index (χ1v) is 12.5. The van der Waals surface area contributed by atoms with Crippen LogP contribution in [0.25, 0.3) is 0 Å². The molecule has 0 saturated carbocycles. The highest BCUT2D eigenvalue weighted by atomic mass is 31.2. The lowest BCUT2D eigenvalue weighted by Crippen LogP contribution is -2.61. The molecule has 4 N–H and O–H groups in total. The second-order valence-corrected chi connectivity index (χ2v) is 10.7. The Morgan fingerprint density at radius 1 is 1.28 bits per heavy atom. The molecule has 0 radical (unpaired) electrons. The van der Waals surface area contributed by atoms with Gasteiger partial charge >= 0.3 is 12.0 Å². The Morgan fingerprint density at radius 2 is 1.97 bits per heavy atom. The average molecular weight is 425 g/mol. The van der Waals surface area contributed by atoms with Crippen LogP contribution in [0, 0.1) is 5.92 Å². The minimum Gasteiger partial charge on any atom is -0.435 e. The summed E-state index contributed by atoms with van der Waals surface area (Å²) in [5, 5.41) is 9.88. The van der Waals surface area contributed by atoms with Crippen molar-refractivity contribution in [1.82, 2.24) is 0 Å². The lowest BCUT2D eigenvalue weighted by molar-refractivity contribution is -0.794. The zero-order valence-electron chi connectivity index (χ0n) is 17.2. The number of benzene rings is 1. The molecule has 3 unspecified atom stereocenters. The fourth-order valence-electron chi connectivity index (χ4n) is 4.32. The first kappa shape index (κ1) is 23.7. The molecule has 0 bridgehead atoms. The number of quaternary nitrogens is 1. The van der Waals surface area contributed by atoms with Crippen LogP contribution >= 0.6 is 7.37 Å². The Kier molecular flexibility index (Phi) is 8.58. The number of carboxylic acid groups (broad SMARTS) is 1. The molecule has 1 aliphatic rings. The van der Waals surface area contributed by atoms with Crippen molar-refractivity contribution >= 4 is 19.4 Å². The number of rotatable bonds is 10. The highest BCUT2D eigenvalue weighted by Crippen LogP contribution is 2.45. The SMILES string of the molecule is C[C@@H]1CCC[N+]1(C(=O)O)C(=O)C(CCCCN)CP(=O)(O)CCc1ccccc1. The fourth-order valence-corrected chi connectivity index (χ4v) is 6.14. The maximum absolute atomic E-state index is 13.4. The van der Waals surface area contributed by atoms with Gasteiger partial charge in [-0.25, -0.2) is 4.79 Å². The lowest BCUT2D eigenvalue weighted by Gasteiger charge is -2.33. The van der Waals surface area contributed by atoms with Crippen LogP contribution in [-0.4, -0.2) is 57.9 Å². The minimum absolute atomic E-state index is 0.0836. The molecule has 2 rings (SSSR count). The van der Waals surface area contributed by atoms with Crippen LogP contribution in [0.3, 0.4) is 0 Å². The number of carbonyl (C=O) groups is 2. The molecule has 7 nitrogen and oxygen atoms in total. The van der Waals surface area contributed by atoms with E-state index in [1.54, 1.807) is 6.92 Å². The Balaban J connectivity index is 2.16. The third-order valence-corrected chi connectivity index (χ3v) is 8.01. The number of nitrogens with zero attached hydrogens (tertiary/aromatic N) is 1. The minimum atomic E-state index is -3.59. The van der Waals surface area contributed by atoms with Crippen molar-refractivity contribution in [2.45, 2.75) is 51.5 Å². The van der Waals surface area contributed by atoms with Crippen molar-refractivity contribution in [2.75, 3.05) is 25.4 Å². The molecule has 2 amide bonds. The van der Waals surface area contributed by atoms with Gasteiger partial charge in [0.2, 0.25) is 7.37 Å². The quantitative estimate of drug-likeness (QED) is 0.300. The van der Waals surface area contributed by atoms with Gasteiger partial charge in [0.05, 0.1) is 12.5 Å². The van der Waals surface area contributed by atoms with E-state index < -0.39 is 29.8 Å². The van der Waals surface area contributed by atoms with Gasteiger partial charge in [0.15, 0.2) is 0 Å². The zero-order valence-corrected chi connectivity index (χ0v) is 18.1. The summed E-state index contributed by atoms with van der Waals surface area (Å²) in [7, 11) is -3.59. The number of likely N-dealkylation sites (tertiary alicyclic amines) is 1. The summed E-state index contributed by atoms with van der Waals surface area (Å²) in [6, 6.07) is 9.14. The summed E-state index contributed by atoms with van der Waals surface area (Å²) in [6.45, 7) is 2.51. The predicted molar refractivity (Wildman–Crippen MR) is 113 cm³/mol. The number of imide groups is 1. The monoisotopic (exact) mass is 425 g/mol. The summed E-state index contributed by atoms with van der Waals surface area (Å²) >= 11 is 0. The van der Waals surface area contributed by atoms with E-state index in [1.165, 1.54) is 0 Å². The molecule has 29 heavy (non-hydrogen) atoms. The van der Waals surface area contributed by atoms with Crippen molar-refractivity contribution in [3.05, 3.63) is 35.9 Å². The van der Waals surface area contributed by atoms with Crippen LogP contribution in [0.1, 0.15) is 44.6 Å². The summed E-state index contributed by atoms with van der Waals surface area (Å²) in [5.74, 6) is -1.17. The summed E-state index contributed by atoms with van der Waals surface area (Å²) in [5.41, 5.74) is 6.53. The molecular weight excluding hydrogens is 391 g/mol. The van der Waals surface area contributed by atoms with Crippen LogP contribution in [0.2, 0.25) is 0 Å². The van der Waals surface area contributed by atoms with E-state index in [-0.39, 0.29) is 24.9 Å². The van der Waals surface area contributed by atoms with Crippen molar-refractivity contribution in [3.63, 3.8) is 0 Å². The number of hydrogen-bond acceptors (Lipinski definition) is 4. The van der Waals surface area contributed by atoms with Gasteiger partial charge in [0.1, 0.15) is 6.04 Å². The number of hydrogen-bond donors (Lipinski definition) is 3. The van der Waals surface area contributed by atoms with Gasteiger partial charge in [-0.2, -0.15) is 9.28 Å². The molecule has 1 aromatic carbocycles. The van der Waals surface area contributed by atoms with Gasteiger partial charge < -0.3 is 15.7 Å². The van der Waals surface area contributed by atoms with Gasteiger partial charge in [-0.3, -0.25) is 4.57 Å². The van der Waals surface area contributed by atoms with Gasteiger partial charge in [0.25, 0.3) is 0 Å². The molecule has 1 fully saturated rings. The van der Waals surface area contributed by atoms with E-state index in [1.807, 2.05) is 30.3 Å². The van der Waals surface area contributed by atoms with Crippen molar-refractivity contribution < 1.29 is 28.6 Å². The normalized spacial score (nSPS) is 24.7. The topological polar surface area (TPSA) is 118 Å². The zero-order chi connectivity index (χ0) is 21.5. The van der Waals surface area contributed by atoms with E-state index in [0.29, 0.717) is 45.1 Å². The number of amides is 2. The first-order chi connectivity index (χ1) is 13.7. The molecule has 1 aromatic rings. The number of aryl methyl sites for hydroxylation is 1. The van der Waals surface area contributed by atoms with Crippen molar-refractivity contribution in [1.29, 1.82) is 0 Å². The fraction of sp³-hybridized carbons (Fsp3) is 0.619. The predicted octanol–water partition coefficient (Wildman–Crippen LogP) is 3.45. The molecule has 4 atom stereocenters. The van der Waals surface area contributed by atoms with E-state index in [2.05, 4.69) is 0 Å². The average Bonchev–Trinajstić information content (AvgIpc) is 3.08. The van der Waals surface area contributed by atoms with Crippen molar-refractivity contribution in [2.24, 2.45) is 11.7 Å². The van der Waals surface area contributed by atoms with Crippen LogP contribution in [0.4, 0.5) is 4.79 Å². The van der Waals surface area contributed by atoms with E-state index in [4.69, 9.17) is 5.73 Å². The molecule has 162 valence electrons. The molecule has 1 saturated heterocycles. The molecule has 8 heteroatoms. The standard InChI is InChI=1S/C21H33N2O5P/c1-17-8-7-14-23(17,21(25)26)20(24)19(11-5-6-13-22)16-29(27,28)15-12-18-9-3-2-4-10-18/h2-4,9-10,17,19H,5-8,11-16,22H2,1H3,(H-,25,26,27,28)/p+1/t17-,19?,23?/m1/s1. The van der Waals surface area contributed by atoms with Gasteiger partial charge in [-0.15, -0.1) is 0 Å². The summed E-state index contributed by atoms with van der Waals surface area (Å²) in [4.78, 5) is 36.1. The third-order valence-electron chi connectivity index (χ3n) is 6.07. The largest absolute Gasteiger partial charge is 0.521 e. The smallest absolute Gasteiger partial charge is 0.435 e. The second kappa shape index (κ2) is 10.5. The lowest BCUT2D eigenvalue weighted by atomic mass is 10.0. The van der Waals surface area contributed by atoms with E-state index in [0.717, 1.165) is 5.56 Å². The summed E-state index contributed by atoms with van der Waals surface area (Å²) < 4.78 is 12.3. The maximum Gasteiger partial charge on any atom is 0.521 e. The molecule has 0 aromatic heterocycles. The summed E-state index contributed by atoms with van der Waals surface area (Å²) in [6.07, 6.45) is 2.29. The van der Waals surface area contributed by atoms with E-state index in [9.17, 15) is 24.2 Å². The highest BCUT2D eigenvalue weighted by molar-refractivity contribution is 7.58. The Bertz CT molecular complexity index is 742. The Labute approximate surface area is 172 Å². The number of unbranched alkanes of at least 4 members (excludes halogenated alkanes) is 1. The second-order valence-electron chi connectivity index (χ2n) is 8.17. The van der Waals surface area contributed by atoms with Crippen LogP contribution in [0.5, 0.6) is 0 Å². The van der Waals surface area contributed by atoms with Crippen molar-refractivity contribution in [3.8, 4) is 0 Å². The van der Waals surface area contributed by atoms with Gasteiger partial charge in [-0.05, 0) is 38.3 Å². The Hall–Kier alpha value is -1.53. The van der Waals surface area contributed by atoms with E-state index >= 15 is 0 Å². The number of nitrogens with two attached hydrogens (primary N) is 1. The van der Waals surface area contributed by atoms with Gasteiger partial charge in [0, 0.05) is 25.2 Å². The molecule has 1 aliphatic heterocycles. The van der Waals surface area contributed by atoms with Crippen LogP contribution < -0.4 is 5.73 Å². The highest BCUT2D eigenvalue weighted by Gasteiger charge is 2.55.